The van der Waals surface area contributed by atoms with E-state index in [4.69, 9.17) is 15.8 Å². The number of halogens is 1. The van der Waals surface area contributed by atoms with Gasteiger partial charge in [-0.1, -0.05) is 6.58 Å². The van der Waals surface area contributed by atoms with E-state index in [0.29, 0.717) is 22.5 Å². The van der Waals surface area contributed by atoms with Gasteiger partial charge in [0, 0.05) is 12.7 Å². The third kappa shape index (κ3) is 4.14. The third-order valence-electron chi connectivity index (χ3n) is 2.29. The normalized spacial score (nSPS) is 11.5. The number of hydrogen-bond acceptors (Lipinski definition) is 7. The molecule has 0 radical (unpaired) electrons. The maximum absolute atomic E-state index is 11.6. The lowest BCUT2D eigenvalue weighted by atomic mass is 10.3. The number of anilines is 3. The Labute approximate surface area is 129 Å². The summed E-state index contributed by atoms with van der Waals surface area (Å²) < 4.78 is 16.4. The average Bonchev–Trinajstić information content (AvgIpc) is 2.47. The van der Waals surface area contributed by atoms with Gasteiger partial charge in [-0.15, -0.1) is 0 Å². The summed E-state index contributed by atoms with van der Waals surface area (Å²) in [4.78, 5) is 12.5. The minimum absolute atomic E-state index is 0.0777. The monoisotopic (exact) mass is 325 g/mol. The van der Waals surface area contributed by atoms with Crippen molar-refractivity contribution in [1.82, 2.24) is 15.0 Å². The van der Waals surface area contributed by atoms with Crippen LogP contribution in [0.2, 0.25) is 5.28 Å². The maximum atomic E-state index is 11.6. The van der Waals surface area contributed by atoms with Crippen LogP contribution in [0.25, 0.3) is 0 Å². The highest BCUT2D eigenvalue weighted by Gasteiger charge is 2.06. The number of hydrogen-bond donors (Lipinski definition) is 2. The zero-order valence-corrected chi connectivity index (χ0v) is 12.6. The third-order valence-corrected chi connectivity index (χ3v) is 3.43. The Morgan fingerprint density at radius 2 is 1.90 bits per heavy atom. The molecule has 0 bridgehead atoms. The van der Waals surface area contributed by atoms with Crippen LogP contribution < -0.4 is 10.6 Å². The predicted molar refractivity (Wildman–Crippen MR) is 81.8 cm³/mol. The van der Waals surface area contributed by atoms with Crippen LogP contribution in [0.3, 0.4) is 0 Å². The van der Waals surface area contributed by atoms with Crippen LogP contribution in [0.15, 0.2) is 42.0 Å². The molecule has 21 heavy (non-hydrogen) atoms. The number of benzene rings is 1. The molecule has 0 saturated carbocycles. The lowest BCUT2D eigenvalue weighted by molar-refractivity contribution is 0.507. The summed E-state index contributed by atoms with van der Waals surface area (Å²) in [5.41, 5.74) is 0.707. The molecule has 1 heterocycles. The van der Waals surface area contributed by atoms with Crippen molar-refractivity contribution >= 4 is 40.3 Å². The van der Waals surface area contributed by atoms with E-state index in [0.717, 1.165) is 6.26 Å². The van der Waals surface area contributed by atoms with Crippen molar-refractivity contribution in [3.63, 3.8) is 0 Å². The molecular formula is C12H12ClN5O2S. The molecule has 1 aromatic carbocycles. The first kappa shape index (κ1) is 15.2. The molecule has 2 aromatic rings. The number of aromatic nitrogens is 3. The van der Waals surface area contributed by atoms with Crippen LogP contribution in [-0.4, -0.2) is 26.2 Å². The minimum atomic E-state index is -1.57. The van der Waals surface area contributed by atoms with E-state index in [1.807, 2.05) is 0 Å². The second-order valence-corrected chi connectivity index (χ2v) is 5.12. The largest absolute Gasteiger partial charge is 0.406 e. The van der Waals surface area contributed by atoms with Crippen molar-refractivity contribution in [2.24, 2.45) is 0 Å². The molecule has 0 aliphatic rings. The van der Waals surface area contributed by atoms with E-state index in [1.165, 1.54) is 0 Å². The van der Waals surface area contributed by atoms with Gasteiger partial charge in [0.15, 0.2) is 0 Å². The summed E-state index contributed by atoms with van der Waals surface area (Å²) in [6.45, 7) is 3.36. The summed E-state index contributed by atoms with van der Waals surface area (Å²) in [6, 6.07) is 6.75. The predicted octanol–water partition coefficient (Wildman–Crippen LogP) is 2.49. The van der Waals surface area contributed by atoms with Crippen molar-refractivity contribution in [2.45, 2.75) is 4.90 Å². The van der Waals surface area contributed by atoms with Crippen LogP contribution in [0.1, 0.15) is 0 Å². The van der Waals surface area contributed by atoms with Crippen molar-refractivity contribution < 1.29 is 8.39 Å². The zero-order valence-electron chi connectivity index (χ0n) is 11.0. The quantitative estimate of drug-likeness (QED) is 0.789. The topological polar surface area (TPSA) is 89.0 Å². The molecule has 0 aliphatic carbocycles. The number of rotatable bonds is 6. The highest BCUT2D eigenvalue weighted by Crippen LogP contribution is 2.18. The smallest absolute Gasteiger partial charge is 0.240 e. The molecule has 2 rings (SSSR count). The van der Waals surface area contributed by atoms with Gasteiger partial charge in [0.1, 0.15) is 0 Å². The molecule has 0 amide bonds. The fourth-order valence-electron chi connectivity index (χ4n) is 1.41. The molecule has 1 unspecified atom stereocenters. The first-order chi connectivity index (χ1) is 10.1. The van der Waals surface area contributed by atoms with Gasteiger partial charge in [0.2, 0.25) is 28.3 Å². The van der Waals surface area contributed by atoms with Crippen LogP contribution >= 0.6 is 11.6 Å². The van der Waals surface area contributed by atoms with Gasteiger partial charge in [0.25, 0.3) is 0 Å². The van der Waals surface area contributed by atoms with Gasteiger partial charge in [0.05, 0.1) is 11.2 Å². The second-order valence-electron chi connectivity index (χ2n) is 3.65. The summed E-state index contributed by atoms with van der Waals surface area (Å²) in [5.74, 6) is 0.658. The van der Waals surface area contributed by atoms with Gasteiger partial charge >= 0.3 is 0 Å². The SMILES string of the molecule is C=COS(=O)c1ccc(Nc2nc(Cl)nc(NC)n2)cc1. The fourth-order valence-corrected chi connectivity index (χ4v) is 2.17. The van der Waals surface area contributed by atoms with E-state index < -0.39 is 11.1 Å². The Kier molecular flexibility index (Phi) is 5.07. The van der Waals surface area contributed by atoms with Crippen molar-refractivity contribution in [1.29, 1.82) is 0 Å². The Hall–Kier alpha value is -2.19. The van der Waals surface area contributed by atoms with E-state index in [-0.39, 0.29) is 5.28 Å². The molecule has 110 valence electrons. The summed E-state index contributed by atoms with van der Waals surface area (Å²) in [5, 5.41) is 5.83. The molecule has 0 fully saturated rings. The Morgan fingerprint density at radius 3 is 2.52 bits per heavy atom. The lowest BCUT2D eigenvalue weighted by Crippen LogP contribution is -2.03. The van der Waals surface area contributed by atoms with E-state index in [9.17, 15) is 4.21 Å². The Morgan fingerprint density at radius 1 is 1.24 bits per heavy atom. The summed E-state index contributed by atoms with van der Waals surface area (Å²) in [7, 11) is 1.68. The van der Waals surface area contributed by atoms with E-state index in [2.05, 4.69) is 32.2 Å². The minimum Gasteiger partial charge on any atom is -0.406 e. The standard InChI is InChI=1S/C12H12ClN5O2S/c1-3-20-21(19)9-6-4-8(5-7-9)15-12-17-10(13)16-11(14-2)18-12/h3-7H,1H2,2H3,(H2,14,15,16,17,18). The molecule has 0 spiro atoms. The Balaban J connectivity index is 2.15. The second kappa shape index (κ2) is 7.00. The highest BCUT2D eigenvalue weighted by molar-refractivity contribution is 7.80. The van der Waals surface area contributed by atoms with Gasteiger partial charge < -0.3 is 14.8 Å². The molecule has 1 atom stereocenters. The van der Waals surface area contributed by atoms with Crippen molar-refractivity contribution in [3.05, 3.63) is 42.4 Å². The van der Waals surface area contributed by atoms with Crippen LogP contribution in [-0.2, 0) is 15.3 Å². The number of nitrogens with zero attached hydrogens (tertiary/aromatic N) is 3. The molecule has 0 aliphatic heterocycles. The van der Waals surface area contributed by atoms with Crippen LogP contribution in [0.5, 0.6) is 0 Å². The summed E-state index contributed by atoms with van der Waals surface area (Å²) in [6.07, 6.45) is 1.13. The molecule has 2 N–H and O–H groups in total. The van der Waals surface area contributed by atoms with Crippen molar-refractivity contribution in [3.8, 4) is 0 Å². The maximum Gasteiger partial charge on any atom is 0.240 e. The van der Waals surface area contributed by atoms with Crippen LogP contribution in [0, 0.1) is 0 Å². The molecule has 9 heteroatoms. The first-order valence-corrected chi connectivity index (χ1v) is 7.24. The van der Waals surface area contributed by atoms with E-state index in [1.54, 1.807) is 31.3 Å². The molecular weight excluding hydrogens is 314 g/mol. The lowest BCUT2D eigenvalue weighted by Gasteiger charge is -2.07. The highest BCUT2D eigenvalue weighted by atomic mass is 35.5. The van der Waals surface area contributed by atoms with Gasteiger partial charge in [-0.2, -0.15) is 15.0 Å². The fraction of sp³-hybridized carbons (Fsp3) is 0.0833. The average molecular weight is 326 g/mol. The Bertz CT molecular complexity index is 665. The van der Waals surface area contributed by atoms with Crippen LogP contribution in [0.4, 0.5) is 17.6 Å². The molecule has 7 nitrogen and oxygen atoms in total. The molecule has 0 saturated heterocycles. The van der Waals surface area contributed by atoms with Gasteiger partial charge in [-0.25, -0.2) is 4.21 Å². The van der Waals surface area contributed by atoms with Crippen molar-refractivity contribution in [2.75, 3.05) is 17.7 Å². The number of nitrogens with one attached hydrogen (secondary N) is 2. The first-order valence-electron chi connectivity index (χ1n) is 5.78. The van der Waals surface area contributed by atoms with E-state index >= 15 is 0 Å². The van der Waals surface area contributed by atoms with Gasteiger partial charge in [-0.05, 0) is 35.9 Å². The van der Waals surface area contributed by atoms with Gasteiger partial charge in [-0.3, -0.25) is 0 Å². The zero-order chi connectivity index (χ0) is 15.2. The molecule has 1 aromatic heterocycles. The summed E-state index contributed by atoms with van der Waals surface area (Å²) >= 11 is 4.22.